The zero-order valence-electron chi connectivity index (χ0n) is 15.8. The number of carbonyl (C=O) groups excluding carboxylic acids is 1. The summed E-state index contributed by atoms with van der Waals surface area (Å²) >= 11 is 0. The highest BCUT2D eigenvalue weighted by Gasteiger charge is 2.48. The van der Waals surface area contributed by atoms with E-state index >= 15 is 0 Å². The summed E-state index contributed by atoms with van der Waals surface area (Å²) in [6.45, 7) is 6.26. The molecule has 0 heterocycles. The second-order valence-corrected chi connectivity index (χ2v) is 6.84. The van der Waals surface area contributed by atoms with Crippen LogP contribution in [0.1, 0.15) is 50.7 Å². The average molecular weight is 377 g/mol. The fraction of sp³-hybridized carbons (Fsp3) is 0.409. The molecule has 1 amide bonds. The molecular weight excluding hydrogens is 351 g/mol. The fourth-order valence-electron chi connectivity index (χ4n) is 3.80. The number of unbranched alkanes of at least 4 members (excludes halogenated alkanes) is 2. The molecule has 0 fully saturated rings. The van der Waals surface area contributed by atoms with Crippen LogP contribution in [-0.2, 0) is 10.2 Å². The predicted octanol–water partition coefficient (Wildman–Crippen LogP) is 5.71. The van der Waals surface area contributed by atoms with E-state index in [-0.39, 0.29) is 0 Å². The first kappa shape index (κ1) is 21.0. The molecule has 1 aromatic carbocycles. The molecule has 0 aliphatic heterocycles. The van der Waals surface area contributed by atoms with Gasteiger partial charge in [-0.25, -0.2) is 0 Å². The highest BCUT2D eigenvalue weighted by molar-refractivity contribution is 6.01. The van der Waals surface area contributed by atoms with Gasteiger partial charge >= 0.3 is 6.18 Å². The van der Waals surface area contributed by atoms with E-state index in [4.69, 9.17) is 0 Å². The highest BCUT2D eigenvalue weighted by atomic mass is 19.4. The summed E-state index contributed by atoms with van der Waals surface area (Å²) in [4.78, 5) is 13.1. The number of hydrogen-bond acceptors (Lipinski definition) is 1. The van der Waals surface area contributed by atoms with Gasteiger partial charge in [-0.3, -0.25) is 4.79 Å². The Morgan fingerprint density at radius 1 is 1.26 bits per heavy atom. The summed E-state index contributed by atoms with van der Waals surface area (Å²) in [5, 5.41) is 2.14. The van der Waals surface area contributed by atoms with E-state index < -0.39 is 24.0 Å². The first-order valence-corrected chi connectivity index (χ1v) is 9.23. The lowest BCUT2D eigenvalue weighted by atomic mass is 9.72. The van der Waals surface area contributed by atoms with E-state index in [0.717, 1.165) is 41.5 Å². The first-order chi connectivity index (χ1) is 12.8. The van der Waals surface area contributed by atoms with Gasteiger partial charge in [0.25, 0.3) is 0 Å². The Kier molecular flexibility index (Phi) is 6.68. The molecule has 1 N–H and O–H groups in total. The number of carbonyl (C=O) groups is 1. The smallest absolute Gasteiger partial charge is 0.346 e. The number of amides is 1. The molecule has 0 saturated heterocycles. The van der Waals surface area contributed by atoms with E-state index in [9.17, 15) is 18.0 Å². The number of benzene rings is 1. The van der Waals surface area contributed by atoms with Crippen LogP contribution in [0.2, 0.25) is 0 Å². The minimum Gasteiger partial charge on any atom is -0.346 e. The Labute approximate surface area is 158 Å². The van der Waals surface area contributed by atoms with E-state index in [2.05, 4.69) is 18.8 Å². The molecule has 27 heavy (non-hydrogen) atoms. The van der Waals surface area contributed by atoms with Gasteiger partial charge in [-0.05, 0) is 35.6 Å². The van der Waals surface area contributed by atoms with Gasteiger partial charge in [-0.2, -0.15) is 13.2 Å². The van der Waals surface area contributed by atoms with Crippen LogP contribution < -0.4 is 5.32 Å². The molecule has 146 valence electrons. The highest BCUT2D eigenvalue weighted by Crippen LogP contribution is 2.50. The van der Waals surface area contributed by atoms with Crippen LogP contribution in [0, 0.1) is 0 Å². The lowest BCUT2D eigenvalue weighted by Crippen LogP contribution is -2.47. The van der Waals surface area contributed by atoms with Crippen molar-refractivity contribution in [3.63, 3.8) is 0 Å². The molecule has 5 heteroatoms. The molecule has 2 rings (SSSR count). The van der Waals surface area contributed by atoms with Crippen LogP contribution in [0.25, 0.3) is 5.57 Å². The van der Waals surface area contributed by atoms with Crippen molar-refractivity contribution in [2.24, 2.45) is 0 Å². The zero-order chi connectivity index (χ0) is 20.1. The van der Waals surface area contributed by atoms with Gasteiger partial charge in [0.1, 0.15) is 6.54 Å². The molecule has 0 spiro atoms. The third-order valence-corrected chi connectivity index (χ3v) is 5.11. The van der Waals surface area contributed by atoms with Crippen LogP contribution in [-0.4, -0.2) is 18.6 Å². The topological polar surface area (TPSA) is 29.1 Å². The Balaban J connectivity index is 2.56. The Bertz CT molecular complexity index is 761. The quantitative estimate of drug-likeness (QED) is 0.456. The van der Waals surface area contributed by atoms with Crippen molar-refractivity contribution in [1.29, 1.82) is 0 Å². The summed E-state index contributed by atoms with van der Waals surface area (Å²) in [6.07, 6.45) is 3.99. The number of fused-ring (bicyclic) bond motifs is 1. The van der Waals surface area contributed by atoms with E-state index in [1.807, 2.05) is 37.3 Å². The van der Waals surface area contributed by atoms with Crippen molar-refractivity contribution >= 4 is 11.5 Å². The monoisotopic (exact) mass is 377 g/mol. The zero-order valence-corrected chi connectivity index (χ0v) is 15.8. The largest absolute Gasteiger partial charge is 0.405 e. The molecule has 2 nitrogen and oxygen atoms in total. The lowest BCUT2D eigenvalue weighted by Gasteiger charge is -2.32. The summed E-state index contributed by atoms with van der Waals surface area (Å²) < 4.78 is 38.2. The Hall–Kier alpha value is -2.30. The molecule has 0 saturated carbocycles. The Morgan fingerprint density at radius 3 is 2.59 bits per heavy atom. The molecule has 1 atom stereocenters. The van der Waals surface area contributed by atoms with Crippen molar-refractivity contribution in [2.75, 3.05) is 6.54 Å². The number of rotatable bonds is 8. The molecule has 0 radical (unpaired) electrons. The van der Waals surface area contributed by atoms with Gasteiger partial charge in [-0.15, -0.1) is 0 Å². The first-order valence-electron chi connectivity index (χ1n) is 9.23. The molecule has 0 aromatic heterocycles. The molecule has 1 aromatic rings. The minimum atomic E-state index is -4.44. The van der Waals surface area contributed by atoms with Crippen LogP contribution in [0.5, 0.6) is 0 Å². The number of nitrogens with one attached hydrogen (secondary N) is 1. The third-order valence-electron chi connectivity index (χ3n) is 5.11. The maximum absolute atomic E-state index is 13.1. The Morgan fingerprint density at radius 2 is 1.96 bits per heavy atom. The van der Waals surface area contributed by atoms with E-state index in [0.29, 0.717) is 6.42 Å². The SMILES string of the molecule is C=C/C=C\C1=C(C)C(CCCCC)(C(=O)NCC(F)(F)F)c2ccccc21. The number of allylic oxidation sites excluding steroid dienone is 4. The molecule has 0 bridgehead atoms. The summed E-state index contributed by atoms with van der Waals surface area (Å²) in [5.74, 6) is -0.581. The number of halogens is 3. The molecule has 1 aliphatic carbocycles. The van der Waals surface area contributed by atoms with Crippen molar-refractivity contribution < 1.29 is 18.0 Å². The van der Waals surface area contributed by atoms with Gasteiger partial charge in [0.05, 0.1) is 5.41 Å². The molecule has 1 unspecified atom stereocenters. The summed E-state index contributed by atoms with van der Waals surface area (Å²) in [6, 6.07) is 7.48. The van der Waals surface area contributed by atoms with Crippen LogP contribution in [0.4, 0.5) is 13.2 Å². The predicted molar refractivity (Wildman–Crippen MR) is 103 cm³/mol. The van der Waals surface area contributed by atoms with Crippen molar-refractivity contribution in [1.82, 2.24) is 5.32 Å². The van der Waals surface area contributed by atoms with Gasteiger partial charge in [0.15, 0.2) is 0 Å². The van der Waals surface area contributed by atoms with Crippen LogP contribution >= 0.6 is 0 Å². The second-order valence-electron chi connectivity index (χ2n) is 6.84. The molecule has 1 aliphatic rings. The van der Waals surface area contributed by atoms with Crippen LogP contribution in [0.15, 0.2) is 54.6 Å². The lowest BCUT2D eigenvalue weighted by molar-refractivity contribution is -0.141. The standard InChI is InChI=1S/C22H26F3NO/c1-4-6-10-14-21(20(27)26-15-22(23,24)25)16(3)17(11-7-5-2)18-12-8-9-13-19(18)21/h5,7-9,11-13H,2,4,6,10,14-15H2,1,3H3,(H,26,27)/b11-7-. The third kappa shape index (κ3) is 4.34. The van der Waals surface area contributed by atoms with Gasteiger partial charge < -0.3 is 5.32 Å². The minimum absolute atomic E-state index is 0.485. The van der Waals surface area contributed by atoms with E-state index in [1.54, 1.807) is 12.2 Å². The summed E-state index contributed by atoms with van der Waals surface area (Å²) in [7, 11) is 0. The van der Waals surface area contributed by atoms with Gasteiger partial charge in [0, 0.05) is 0 Å². The normalized spacial score (nSPS) is 19.4. The van der Waals surface area contributed by atoms with Gasteiger partial charge in [0.2, 0.25) is 5.91 Å². The molecular formula is C22H26F3NO. The van der Waals surface area contributed by atoms with Gasteiger partial charge in [-0.1, -0.05) is 75.3 Å². The maximum Gasteiger partial charge on any atom is 0.405 e. The number of hydrogen-bond donors (Lipinski definition) is 1. The van der Waals surface area contributed by atoms with Crippen molar-refractivity contribution in [2.45, 2.75) is 51.1 Å². The van der Waals surface area contributed by atoms with E-state index in [1.165, 1.54) is 0 Å². The van der Waals surface area contributed by atoms with Crippen molar-refractivity contribution in [3.05, 3.63) is 65.8 Å². The maximum atomic E-state index is 13.1. The fourth-order valence-corrected chi connectivity index (χ4v) is 3.80. The number of alkyl halides is 3. The second kappa shape index (κ2) is 8.59. The van der Waals surface area contributed by atoms with Crippen molar-refractivity contribution in [3.8, 4) is 0 Å². The summed E-state index contributed by atoms with van der Waals surface area (Å²) in [5.41, 5.74) is 2.27. The average Bonchev–Trinajstić information content (AvgIpc) is 2.87. The van der Waals surface area contributed by atoms with Crippen LogP contribution in [0.3, 0.4) is 0 Å².